The maximum atomic E-state index is 13.7. The van der Waals surface area contributed by atoms with Crippen LogP contribution in [0.25, 0.3) is 0 Å². The van der Waals surface area contributed by atoms with E-state index < -0.39 is 29.0 Å². The van der Waals surface area contributed by atoms with E-state index in [0.29, 0.717) is 12.5 Å². The van der Waals surface area contributed by atoms with E-state index in [-0.39, 0.29) is 35.9 Å². The van der Waals surface area contributed by atoms with Crippen molar-refractivity contribution >= 4 is 41.5 Å². The summed E-state index contributed by atoms with van der Waals surface area (Å²) in [5.74, 6) is -4.37. The molecule has 6 nitrogen and oxygen atoms in total. The zero-order chi connectivity index (χ0) is 19.4. The van der Waals surface area contributed by atoms with Gasteiger partial charge in [0.1, 0.15) is 6.54 Å². The summed E-state index contributed by atoms with van der Waals surface area (Å²) in [5, 5.41) is 5.37. The van der Waals surface area contributed by atoms with Gasteiger partial charge in [-0.3, -0.25) is 4.79 Å². The molecule has 2 N–H and O–H groups in total. The molecule has 1 aromatic carbocycles. The highest BCUT2D eigenvalue weighted by Crippen LogP contribution is 2.38. The molecule has 0 saturated carbocycles. The number of amides is 1. The first-order valence-corrected chi connectivity index (χ1v) is 8.98. The lowest BCUT2D eigenvalue weighted by Gasteiger charge is -2.24. The van der Waals surface area contributed by atoms with Crippen LogP contribution in [0.1, 0.15) is 19.8 Å². The number of carbonyl (C=O) groups is 1. The molecule has 10 heteroatoms. The minimum Gasteiger partial charge on any atom is -0.381 e. The number of halogens is 4. The van der Waals surface area contributed by atoms with E-state index in [1.54, 1.807) is 0 Å². The number of benzene rings is 1. The Balaban J connectivity index is 0.00000280. The minimum absolute atomic E-state index is 0. The summed E-state index contributed by atoms with van der Waals surface area (Å²) in [5.41, 5.74) is -0.268. The van der Waals surface area contributed by atoms with Gasteiger partial charge in [0.05, 0.1) is 12.3 Å². The number of guanidine groups is 1. The maximum Gasteiger partial charge on any atom is 0.246 e. The maximum absolute atomic E-state index is 13.7. The Hall–Kier alpha value is -1.56. The number of nitrogens with one attached hydrogen (secondary N) is 2. The highest BCUT2D eigenvalue weighted by Gasteiger charge is 2.42. The summed E-state index contributed by atoms with van der Waals surface area (Å²) in [6.07, 6.45) is 2.02. The van der Waals surface area contributed by atoms with Crippen LogP contribution in [-0.2, 0) is 9.53 Å². The molecule has 0 aromatic heterocycles. The van der Waals surface area contributed by atoms with Crippen molar-refractivity contribution in [2.75, 3.05) is 44.7 Å². The molecule has 0 aliphatic carbocycles. The average Bonchev–Trinajstić information content (AvgIpc) is 3.29. The molecule has 2 fully saturated rings. The quantitative estimate of drug-likeness (QED) is 0.282. The van der Waals surface area contributed by atoms with Gasteiger partial charge in [0.15, 0.2) is 23.4 Å². The van der Waals surface area contributed by atoms with Crippen molar-refractivity contribution in [2.45, 2.75) is 19.8 Å². The third-order valence-electron chi connectivity index (χ3n) is 4.94. The number of ether oxygens (including phenoxy) is 1. The molecule has 1 atom stereocenters. The van der Waals surface area contributed by atoms with Gasteiger partial charge in [0.25, 0.3) is 0 Å². The number of carbonyl (C=O) groups excluding carboxylic acids is 1. The Morgan fingerprint density at radius 1 is 1.29 bits per heavy atom. The number of anilines is 1. The molecule has 2 aliphatic rings. The van der Waals surface area contributed by atoms with Crippen LogP contribution in [0, 0.1) is 22.9 Å². The van der Waals surface area contributed by atoms with Crippen LogP contribution in [0.4, 0.5) is 18.9 Å². The topological polar surface area (TPSA) is 66.0 Å². The largest absolute Gasteiger partial charge is 0.381 e. The first-order valence-electron chi connectivity index (χ1n) is 8.98. The Labute approximate surface area is 178 Å². The third kappa shape index (κ3) is 5.07. The van der Waals surface area contributed by atoms with E-state index in [1.807, 2.05) is 6.92 Å². The molecule has 0 bridgehead atoms. The van der Waals surface area contributed by atoms with E-state index in [1.165, 1.54) is 0 Å². The second-order valence-corrected chi connectivity index (χ2v) is 6.92. The van der Waals surface area contributed by atoms with Gasteiger partial charge in [-0.1, -0.05) is 0 Å². The van der Waals surface area contributed by atoms with Gasteiger partial charge >= 0.3 is 0 Å². The van der Waals surface area contributed by atoms with E-state index in [0.717, 1.165) is 51.3 Å². The molecule has 2 heterocycles. The zero-order valence-corrected chi connectivity index (χ0v) is 17.9. The van der Waals surface area contributed by atoms with Crippen molar-refractivity contribution in [2.24, 2.45) is 10.4 Å². The predicted molar refractivity (Wildman–Crippen MR) is 110 cm³/mol. The van der Waals surface area contributed by atoms with Crippen LogP contribution in [0.3, 0.4) is 0 Å². The highest BCUT2D eigenvalue weighted by molar-refractivity contribution is 14.0. The number of aliphatic imine (C=N–C) groups is 1. The number of nitrogens with zero attached hydrogens (tertiary/aromatic N) is 2. The van der Waals surface area contributed by atoms with Crippen LogP contribution < -0.4 is 10.6 Å². The molecule has 3 rings (SSSR count). The first-order chi connectivity index (χ1) is 12.9. The summed E-state index contributed by atoms with van der Waals surface area (Å²) in [6.45, 7) is 5.42. The van der Waals surface area contributed by atoms with E-state index in [4.69, 9.17) is 4.74 Å². The zero-order valence-electron chi connectivity index (χ0n) is 15.6. The lowest BCUT2D eigenvalue weighted by molar-refractivity contribution is -0.114. The van der Waals surface area contributed by atoms with Crippen LogP contribution in [0.15, 0.2) is 17.1 Å². The Morgan fingerprint density at radius 3 is 2.75 bits per heavy atom. The van der Waals surface area contributed by atoms with Gasteiger partial charge in [-0.15, -0.1) is 24.0 Å². The molecular formula is C18H24F3IN4O2. The normalized spacial score (nSPS) is 21.7. The number of hydrogen-bond acceptors (Lipinski definition) is 3. The summed E-state index contributed by atoms with van der Waals surface area (Å²) >= 11 is 0. The second-order valence-electron chi connectivity index (χ2n) is 6.92. The van der Waals surface area contributed by atoms with Crippen LogP contribution in [0.5, 0.6) is 0 Å². The standard InChI is InChI=1S/C18H23F3N4O2.HI/c1-2-22-17(25-7-5-18(10-25)6-8-27-11-18)23-9-14(26)24-13-4-3-12(19)15(20)16(13)21;/h3-4H,2,5-11H2,1H3,(H,22,23)(H,24,26);1H. The Morgan fingerprint density at radius 2 is 2.07 bits per heavy atom. The Kier molecular flexibility index (Phi) is 7.93. The molecular weight excluding hydrogens is 488 g/mol. The molecule has 2 saturated heterocycles. The van der Waals surface area contributed by atoms with Gasteiger partial charge in [-0.05, 0) is 31.9 Å². The predicted octanol–water partition coefficient (Wildman–Crippen LogP) is 2.74. The molecule has 1 unspecified atom stereocenters. The molecule has 1 spiro atoms. The summed E-state index contributed by atoms with van der Waals surface area (Å²) in [4.78, 5) is 18.5. The molecule has 2 aliphatic heterocycles. The second kappa shape index (κ2) is 9.77. The minimum atomic E-state index is -1.62. The highest BCUT2D eigenvalue weighted by atomic mass is 127. The summed E-state index contributed by atoms with van der Waals surface area (Å²) < 4.78 is 45.4. The number of hydrogen-bond donors (Lipinski definition) is 2. The first kappa shape index (κ1) is 22.7. The fourth-order valence-electron chi connectivity index (χ4n) is 3.47. The van der Waals surface area contributed by atoms with E-state index >= 15 is 0 Å². The molecule has 0 radical (unpaired) electrons. The van der Waals surface area contributed by atoms with Crippen LogP contribution in [0.2, 0.25) is 0 Å². The van der Waals surface area contributed by atoms with Crippen molar-refractivity contribution in [1.29, 1.82) is 0 Å². The monoisotopic (exact) mass is 512 g/mol. The van der Waals surface area contributed by atoms with Crippen LogP contribution in [-0.4, -0.2) is 56.2 Å². The molecule has 1 aromatic rings. The van der Waals surface area contributed by atoms with Gasteiger partial charge in [-0.25, -0.2) is 18.2 Å². The molecule has 156 valence electrons. The van der Waals surface area contributed by atoms with Gasteiger partial charge in [0, 0.05) is 31.7 Å². The van der Waals surface area contributed by atoms with Crippen molar-refractivity contribution in [3.05, 3.63) is 29.6 Å². The van der Waals surface area contributed by atoms with Gasteiger partial charge in [-0.2, -0.15) is 0 Å². The third-order valence-corrected chi connectivity index (χ3v) is 4.94. The Bertz CT molecular complexity index is 742. The number of likely N-dealkylation sites (tertiary alicyclic amines) is 1. The number of rotatable bonds is 4. The SMILES string of the molecule is CCNC(=NCC(=O)Nc1ccc(F)c(F)c1F)N1CCC2(CCOC2)C1.I. The molecule has 1 amide bonds. The smallest absolute Gasteiger partial charge is 0.246 e. The van der Waals surface area contributed by atoms with Gasteiger partial charge in [0.2, 0.25) is 5.91 Å². The van der Waals surface area contributed by atoms with Crippen molar-refractivity contribution in [3.63, 3.8) is 0 Å². The average molecular weight is 512 g/mol. The fourth-order valence-corrected chi connectivity index (χ4v) is 3.47. The van der Waals surface area contributed by atoms with E-state index in [2.05, 4.69) is 20.5 Å². The van der Waals surface area contributed by atoms with Crippen LogP contribution >= 0.6 is 24.0 Å². The van der Waals surface area contributed by atoms with Crippen molar-refractivity contribution < 1.29 is 22.7 Å². The van der Waals surface area contributed by atoms with Gasteiger partial charge < -0.3 is 20.3 Å². The molecule has 28 heavy (non-hydrogen) atoms. The lowest BCUT2D eigenvalue weighted by Crippen LogP contribution is -2.42. The van der Waals surface area contributed by atoms with E-state index in [9.17, 15) is 18.0 Å². The van der Waals surface area contributed by atoms with Crippen molar-refractivity contribution in [1.82, 2.24) is 10.2 Å². The summed E-state index contributed by atoms with van der Waals surface area (Å²) in [7, 11) is 0. The summed E-state index contributed by atoms with van der Waals surface area (Å²) in [6, 6.07) is 1.74. The van der Waals surface area contributed by atoms with Crippen molar-refractivity contribution in [3.8, 4) is 0 Å². The fraction of sp³-hybridized carbons (Fsp3) is 0.556. The lowest BCUT2D eigenvalue weighted by atomic mass is 9.87.